The fourth-order valence-electron chi connectivity index (χ4n) is 1.30. The van der Waals surface area contributed by atoms with E-state index < -0.39 is 10.0 Å². The highest BCUT2D eigenvalue weighted by Gasteiger charge is 2.17. The quantitative estimate of drug-likeness (QED) is 0.693. The minimum Gasteiger partial charge on any atom is -0.206 e. The van der Waals surface area contributed by atoms with Gasteiger partial charge in [0.25, 0.3) is 5.03 Å². The highest BCUT2D eigenvalue weighted by atomic mass is 32.3. The van der Waals surface area contributed by atoms with E-state index in [-0.39, 0.29) is 4.90 Å². The number of nitrogens with one attached hydrogen (secondary N) is 1. The van der Waals surface area contributed by atoms with Gasteiger partial charge in [-0.05, 0) is 19.1 Å². The van der Waals surface area contributed by atoms with Crippen LogP contribution >= 0.6 is 23.5 Å². The summed E-state index contributed by atoms with van der Waals surface area (Å²) in [5.74, 6) is 0. The molecule has 1 aromatic heterocycles. The summed E-state index contributed by atoms with van der Waals surface area (Å²) in [6, 6.07) is 8.64. The molecule has 0 saturated heterocycles. The molecule has 2 aromatic rings. The Morgan fingerprint density at radius 1 is 1.22 bits per heavy atom. The largest absolute Gasteiger partial charge is 0.269 e. The molecule has 18 heavy (non-hydrogen) atoms. The lowest BCUT2D eigenvalue weighted by Gasteiger charge is -2.03. The third-order valence-electron chi connectivity index (χ3n) is 2.33. The van der Waals surface area contributed by atoms with E-state index in [9.17, 15) is 8.42 Å². The van der Waals surface area contributed by atoms with Crippen LogP contribution in [-0.4, -0.2) is 8.42 Å². The van der Waals surface area contributed by atoms with Crippen LogP contribution in [0.3, 0.4) is 0 Å². The number of rotatable bonds is 4. The molecule has 1 aromatic carbocycles. The van der Waals surface area contributed by atoms with Gasteiger partial charge in [-0.15, -0.1) is 8.08 Å². The minimum atomic E-state index is -3.47. The molecule has 0 amide bonds. The molecule has 0 spiro atoms. The van der Waals surface area contributed by atoms with Crippen molar-refractivity contribution in [3.63, 3.8) is 0 Å². The average Bonchev–Trinajstić information content (AvgIpc) is 2.73. The van der Waals surface area contributed by atoms with E-state index >= 15 is 0 Å². The summed E-state index contributed by atoms with van der Waals surface area (Å²) in [6.07, 6.45) is 0. The summed E-state index contributed by atoms with van der Waals surface area (Å²) in [6.45, 7) is 1.92. The fraction of sp³-hybridized carbons (Fsp3) is 0.182. The smallest absolute Gasteiger partial charge is 0.206 e. The Hall–Kier alpha value is -0.890. The molecule has 1 N–H and O–H groups in total. The Labute approximate surface area is 115 Å². The zero-order chi connectivity index (χ0) is 13.2. The predicted octanol–water partition coefficient (Wildman–Crippen LogP) is 1.87. The van der Waals surface area contributed by atoms with Gasteiger partial charge in [0, 0.05) is 18.0 Å². The second-order valence-corrected chi connectivity index (χ2v) is 7.54. The van der Waals surface area contributed by atoms with Crippen molar-refractivity contribution < 1.29 is 12.4 Å². The first-order valence-electron chi connectivity index (χ1n) is 5.18. The van der Waals surface area contributed by atoms with E-state index in [1.54, 1.807) is 24.3 Å². The number of hydrogen-bond acceptors (Lipinski definition) is 4. The molecular weight excluding hydrogens is 288 g/mol. The first kappa shape index (κ1) is 13.5. The molecule has 0 unspecified atom stereocenters. The maximum Gasteiger partial charge on any atom is 0.269 e. The van der Waals surface area contributed by atoms with Gasteiger partial charge in [-0.1, -0.05) is 17.7 Å². The van der Waals surface area contributed by atoms with Gasteiger partial charge in [0.05, 0.1) is 10.3 Å². The van der Waals surface area contributed by atoms with E-state index in [0.717, 1.165) is 22.5 Å². The SMILES string of the molecule is Cc1ccc(S(=O)(=O)NSc2ccs[n+]2C)cc1. The second-order valence-electron chi connectivity index (χ2n) is 3.75. The number of aromatic nitrogens is 1. The lowest BCUT2D eigenvalue weighted by molar-refractivity contribution is -0.640. The standard InChI is InChI=1S/C11H13N2O2S3/c1-9-3-5-10(6-4-9)18(14,15)12-17-11-7-8-16-13(11)2/h3-8,12H,1-2H3/q+1. The van der Waals surface area contributed by atoms with Crippen LogP contribution in [0.2, 0.25) is 0 Å². The molecule has 0 aliphatic carbocycles. The summed E-state index contributed by atoms with van der Waals surface area (Å²) < 4.78 is 28.4. The predicted molar refractivity (Wildman–Crippen MR) is 72.9 cm³/mol. The van der Waals surface area contributed by atoms with Gasteiger partial charge in [-0.3, -0.25) is 0 Å². The van der Waals surface area contributed by atoms with Crippen LogP contribution in [0.4, 0.5) is 0 Å². The van der Waals surface area contributed by atoms with E-state index in [1.165, 1.54) is 11.5 Å². The number of benzene rings is 1. The van der Waals surface area contributed by atoms with Crippen LogP contribution in [0.1, 0.15) is 5.56 Å². The second kappa shape index (κ2) is 5.40. The molecule has 0 radical (unpaired) electrons. The van der Waals surface area contributed by atoms with Crippen molar-refractivity contribution in [1.29, 1.82) is 0 Å². The molecule has 96 valence electrons. The maximum absolute atomic E-state index is 12.0. The highest BCUT2D eigenvalue weighted by molar-refractivity contribution is 8.09. The van der Waals surface area contributed by atoms with E-state index in [4.69, 9.17) is 0 Å². The molecule has 0 aliphatic rings. The van der Waals surface area contributed by atoms with Crippen LogP contribution in [0.25, 0.3) is 0 Å². The number of sulfonamides is 1. The lowest BCUT2D eigenvalue weighted by atomic mass is 10.2. The van der Waals surface area contributed by atoms with E-state index in [1.807, 2.05) is 29.4 Å². The summed E-state index contributed by atoms with van der Waals surface area (Å²) in [5, 5.41) is 2.76. The number of nitrogens with zero attached hydrogens (tertiary/aromatic N) is 1. The van der Waals surface area contributed by atoms with Gasteiger partial charge in [0.15, 0.2) is 7.05 Å². The van der Waals surface area contributed by atoms with E-state index in [2.05, 4.69) is 4.13 Å². The van der Waals surface area contributed by atoms with Crippen molar-refractivity contribution >= 4 is 33.5 Å². The van der Waals surface area contributed by atoms with Gasteiger partial charge in [-0.2, -0.15) is 0 Å². The van der Waals surface area contributed by atoms with Crippen LogP contribution in [0.15, 0.2) is 45.6 Å². The monoisotopic (exact) mass is 301 g/mol. The minimum absolute atomic E-state index is 0.276. The fourth-order valence-corrected chi connectivity index (χ4v) is 4.09. The maximum atomic E-state index is 12.0. The van der Waals surface area contributed by atoms with Crippen molar-refractivity contribution in [2.75, 3.05) is 0 Å². The molecule has 0 bridgehead atoms. The van der Waals surface area contributed by atoms with Crippen LogP contribution in [0.5, 0.6) is 0 Å². The van der Waals surface area contributed by atoms with Crippen molar-refractivity contribution in [2.24, 2.45) is 7.05 Å². The van der Waals surface area contributed by atoms with Crippen LogP contribution in [-0.2, 0) is 17.1 Å². The molecule has 0 aliphatic heterocycles. The normalized spacial score (nSPS) is 11.7. The summed E-state index contributed by atoms with van der Waals surface area (Å²) in [5.41, 5.74) is 1.03. The molecule has 1 heterocycles. The van der Waals surface area contributed by atoms with Gasteiger partial charge in [0.2, 0.25) is 10.0 Å². The molecule has 0 atom stereocenters. The van der Waals surface area contributed by atoms with Crippen molar-refractivity contribution in [1.82, 2.24) is 4.13 Å². The molecule has 2 rings (SSSR count). The van der Waals surface area contributed by atoms with Gasteiger partial charge in [0.1, 0.15) is 11.5 Å². The number of hydrogen-bond donors (Lipinski definition) is 1. The Kier molecular flexibility index (Phi) is 4.06. The highest BCUT2D eigenvalue weighted by Crippen LogP contribution is 2.17. The van der Waals surface area contributed by atoms with Gasteiger partial charge in [-0.25, -0.2) is 8.42 Å². The Balaban J connectivity index is 2.13. The number of aryl methyl sites for hydroxylation is 2. The molecule has 0 saturated carbocycles. The Bertz CT molecular complexity index is 633. The first-order valence-corrected chi connectivity index (χ1v) is 8.32. The average molecular weight is 301 g/mol. The topological polar surface area (TPSA) is 50.1 Å². The summed E-state index contributed by atoms with van der Waals surface area (Å²) in [7, 11) is -1.58. The molecule has 4 nitrogen and oxygen atoms in total. The third kappa shape index (κ3) is 3.11. The van der Waals surface area contributed by atoms with Gasteiger partial charge >= 0.3 is 0 Å². The third-order valence-corrected chi connectivity index (χ3v) is 5.94. The zero-order valence-electron chi connectivity index (χ0n) is 9.95. The van der Waals surface area contributed by atoms with Crippen LogP contribution < -0.4 is 8.08 Å². The van der Waals surface area contributed by atoms with Gasteiger partial charge < -0.3 is 0 Å². The summed E-state index contributed by atoms with van der Waals surface area (Å²) in [4.78, 5) is 0.276. The lowest BCUT2D eigenvalue weighted by Crippen LogP contribution is -2.26. The van der Waals surface area contributed by atoms with Crippen molar-refractivity contribution in [2.45, 2.75) is 16.8 Å². The first-order chi connectivity index (χ1) is 8.49. The van der Waals surface area contributed by atoms with Crippen molar-refractivity contribution in [3.8, 4) is 0 Å². The van der Waals surface area contributed by atoms with E-state index in [0.29, 0.717) is 0 Å². The Morgan fingerprint density at radius 3 is 2.44 bits per heavy atom. The summed E-state index contributed by atoms with van der Waals surface area (Å²) >= 11 is 2.61. The van der Waals surface area contributed by atoms with Crippen molar-refractivity contribution in [3.05, 3.63) is 41.3 Å². The molecular formula is C11H13N2O2S3+. The van der Waals surface area contributed by atoms with Crippen LogP contribution in [0, 0.1) is 6.92 Å². The molecule has 7 heteroatoms. The molecule has 0 fully saturated rings. The zero-order valence-corrected chi connectivity index (χ0v) is 12.4. The Morgan fingerprint density at radius 2 is 1.89 bits per heavy atom.